The van der Waals surface area contributed by atoms with Gasteiger partial charge in [0, 0.05) is 18.8 Å². The van der Waals surface area contributed by atoms with Crippen molar-refractivity contribution in [1.82, 2.24) is 9.97 Å². The zero-order valence-electron chi connectivity index (χ0n) is 6.78. The summed E-state index contributed by atoms with van der Waals surface area (Å²) in [6, 6.07) is 1.76. The summed E-state index contributed by atoms with van der Waals surface area (Å²) < 4.78 is 0. The van der Waals surface area contributed by atoms with Crippen LogP contribution < -0.4 is 0 Å². The fraction of sp³-hybridized carbons (Fsp3) is 0.500. The van der Waals surface area contributed by atoms with Crippen molar-refractivity contribution < 1.29 is 5.11 Å². The molecule has 0 unspecified atom stereocenters. The van der Waals surface area contributed by atoms with Crippen LogP contribution in [0.25, 0.3) is 0 Å². The summed E-state index contributed by atoms with van der Waals surface area (Å²) in [7, 11) is 0. The van der Waals surface area contributed by atoms with Gasteiger partial charge < -0.3 is 5.11 Å². The molecule has 0 spiro atoms. The van der Waals surface area contributed by atoms with Crippen LogP contribution in [0.1, 0.15) is 19.7 Å². The van der Waals surface area contributed by atoms with Crippen LogP contribution in [-0.2, 0) is 6.42 Å². The average molecular weight is 152 g/mol. The fourth-order valence-corrected chi connectivity index (χ4v) is 0.808. The van der Waals surface area contributed by atoms with Crippen molar-refractivity contribution >= 4 is 0 Å². The monoisotopic (exact) mass is 152 g/mol. The van der Waals surface area contributed by atoms with Crippen molar-refractivity contribution in [2.75, 3.05) is 0 Å². The lowest BCUT2D eigenvalue weighted by Gasteiger charge is -2.14. The van der Waals surface area contributed by atoms with Crippen molar-refractivity contribution in [3.63, 3.8) is 0 Å². The highest BCUT2D eigenvalue weighted by molar-refractivity contribution is 4.92. The van der Waals surface area contributed by atoms with Crippen LogP contribution in [0.15, 0.2) is 18.5 Å². The molecule has 0 aliphatic carbocycles. The lowest BCUT2D eigenvalue weighted by molar-refractivity contribution is 0.0788. The predicted octanol–water partition coefficient (Wildman–Crippen LogP) is 0.790. The third kappa shape index (κ3) is 3.09. The molecule has 3 heteroatoms. The van der Waals surface area contributed by atoms with E-state index in [-0.39, 0.29) is 0 Å². The Bertz CT molecular complexity index is 215. The summed E-state index contributed by atoms with van der Waals surface area (Å²) in [5.41, 5.74) is -0.721. The molecular weight excluding hydrogens is 140 g/mol. The van der Waals surface area contributed by atoms with Crippen LogP contribution in [-0.4, -0.2) is 20.7 Å². The summed E-state index contributed by atoms with van der Waals surface area (Å²) in [6.45, 7) is 3.48. The Morgan fingerprint density at radius 1 is 1.36 bits per heavy atom. The molecule has 0 bridgehead atoms. The summed E-state index contributed by atoms with van der Waals surface area (Å²) in [5.74, 6) is 0.681. The van der Waals surface area contributed by atoms with E-state index in [1.165, 1.54) is 0 Å². The molecular formula is C8H12N2O. The van der Waals surface area contributed by atoms with E-state index in [1.807, 2.05) is 0 Å². The number of hydrogen-bond donors (Lipinski definition) is 1. The van der Waals surface area contributed by atoms with Gasteiger partial charge in [0.15, 0.2) is 0 Å². The van der Waals surface area contributed by atoms with Crippen LogP contribution >= 0.6 is 0 Å². The summed E-state index contributed by atoms with van der Waals surface area (Å²) >= 11 is 0. The molecule has 0 saturated heterocycles. The fourth-order valence-electron chi connectivity index (χ4n) is 0.808. The molecule has 3 nitrogen and oxygen atoms in total. The van der Waals surface area contributed by atoms with Crippen molar-refractivity contribution in [3.8, 4) is 0 Å². The number of hydrogen-bond acceptors (Lipinski definition) is 3. The molecule has 0 radical (unpaired) electrons. The number of aliphatic hydroxyl groups is 1. The van der Waals surface area contributed by atoms with Gasteiger partial charge in [-0.3, -0.25) is 0 Å². The second-order valence-corrected chi connectivity index (χ2v) is 3.15. The molecule has 0 aromatic carbocycles. The SMILES string of the molecule is CC(C)(O)Cc1ncccn1. The minimum Gasteiger partial charge on any atom is -0.390 e. The van der Waals surface area contributed by atoms with Crippen molar-refractivity contribution in [2.24, 2.45) is 0 Å². The summed E-state index contributed by atoms with van der Waals surface area (Å²) in [4.78, 5) is 7.99. The van der Waals surface area contributed by atoms with Gasteiger partial charge in [0.05, 0.1) is 5.60 Å². The standard InChI is InChI=1S/C8H12N2O/c1-8(2,11)6-7-9-4-3-5-10-7/h3-5,11H,6H2,1-2H3. The zero-order valence-corrected chi connectivity index (χ0v) is 6.78. The highest BCUT2D eigenvalue weighted by Crippen LogP contribution is 2.06. The smallest absolute Gasteiger partial charge is 0.131 e. The second-order valence-electron chi connectivity index (χ2n) is 3.15. The Balaban J connectivity index is 2.66. The van der Waals surface area contributed by atoms with Crippen LogP contribution in [0.4, 0.5) is 0 Å². The molecule has 0 saturated carbocycles. The number of aromatic nitrogens is 2. The molecule has 0 aliphatic heterocycles. The van der Waals surface area contributed by atoms with E-state index in [2.05, 4.69) is 9.97 Å². The van der Waals surface area contributed by atoms with E-state index in [0.717, 1.165) is 0 Å². The minimum absolute atomic E-state index is 0.494. The largest absolute Gasteiger partial charge is 0.390 e. The van der Waals surface area contributed by atoms with E-state index in [9.17, 15) is 5.11 Å². The molecule has 1 rings (SSSR count). The van der Waals surface area contributed by atoms with E-state index < -0.39 is 5.60 Å². The van der Waals surface area contributed by atoms with Gasteiger partial charge in [-0.1, -0.05) is 0 Å². The van der Waals surface area contributed by atoms with E-state index in [0.29, 0.717) is 12.2 Å². The van der Waals surface area contributed by atoms with Crippen LogP contribution in [0, 0.1) is 0 Å². The van der Waals surface area contributed by atoms with Gasteiger partial charge in [-0.25, -0.2) is 9.97 Å². The van der Waals surface area contributed by atoms with Gasteiger partial charge in [-0.15, -0.1) is 0 Å². The van der Waals surface area contributed by atoms with Crippen molar-refractivity contribution in [1.29, 1.82) is 0 Å². The first kappa shape index (κ1) is 8.14. The maximum Gasteiger partial charge on any atom is 0.131 e. The molecule has 1 aromatic rings. The van der Waals surface area contributed by atoms with E-state index >= 15 is 0 Å². The normalized spacial score (nSPS) is 11.5. The quantitative estimate of drug-likeness (QED) is 0.681. The first-order chi connectivity index (χ1) is 5.08. The molecule has 0 amide bonds. The third-order valence-corrected chi connectivity index (χ3v) is 1.21. The highest BCUT2D eigenvalue weighted by Gasteiger charge is 2.14. The summed E-state index contributed by atoms with van der Waals surface area (Å²) in [6.07, 6.45) is 3.84. The second kappa shape index (κ2) is 2.96. The van der Waals surface area contributed by atoms with E-state index in [4.69, 9.17) is 0 Å². The van der Waals surface area contributed by atoms with Gasteiger partial charge in [-0.2, -0.15) is 0 Å². The Morgan fingerprint density at radius 3 is 2.36 bits per heavy atom. The third-order valence-electron chi connectivity index (χ3n) is 1.21. The van der Waals surface area contributed by atoms with Gasteiger partial charge >= 0.3 is 0 Å². The molecule has 11 heavy (non-hydrogen) atoms. The first-order valence-corrected chi connectivity index (χ1v) is 3.56. The van der Waals surface area contributed by atoms with Gasteiger partial charge in [-0.05, 0) is 19.9 Å². The first-order valence-electron chi connectivity index (χ1n) is 3.56. The van der Waals surface area contributed by atoms with Crippen molar-refractivity contribution in [3.05, 3.63) is 24.3 Å². The zero-order chi connectivity index (χ0) is 8.32. The highest BCUT2D eigenvalue weighted by atomic mass is 16.3. The number of nitrogens with zero attached hydrogens (tertiary/aromatic N) is 2. The van der Waals surface area contributed by atoms with Gasteiger partial charge in [0.25, 0.3) is 0 Å². The topological polar surface area (TPSA) is 46.0 Å². The van der Waals surface area contributed by atoms with Crippen LogP contribution in [0.5, 0.6) is 0 Å². The lowest BCUT2D eigenvalue weighted by atomic mass is 10.1. The molecule has 60 valence electrons. The molecule has 1 N–H and O–H groups in total. The molecule has 0 fully saturated rings. The van der Waals surface area contributed by atoms with Gasteiger partial charge in [0.1, 0.15) is 5.82 Å². The Labute approximate surface area is 66.1 Å². The summed E-state index contributed by atoms with van der Waals surface area (Å²) in [5, 5.41) is 9.39. The Hall–Kier alpha value is -0.960. The van der Waals surface area contributed by atoms with Crippen molar-refractivity contribution in [2.45, 2.75) is 25.9 Å². The maximum absolute atomic E-state index is 9.39. The number of rotatable bonds is 2. The van der Waals surface area contributed by atoms with Crippen LogP contribution in [0.3, 0.4) is 0 Å². The molecule has 1 aromatic heterocycles. The maximum atomic E-state index is 9.39. The minimum atomic E-state index is -0.721. The molecule has 1 heterocycles. The molecule has 0 atom stereocenters. The Morgan fingerprint density at radius 2 is 1.91 bits per heavy atom. The van der Waals surface area contributed by atoms with Gasteiger partial charge in [0.2, 0.25) is 0 Å². The predicted molar refractivity (Wildman–Crippen MR) is 42.0 cm³/mol. The Kier molecular flexibility index (Phi) is 2.19. The lowest BCUT2D eigenvalue weighted by Crippen LogP contribution is -2.23. The molecule has 0 aliphatic rings. The van der Waals surface area contributed by atoms with Crippen LogP contribution in [0.2, 0.25) is 0 Å². The average Bonchev–Trinajstić information content (AvgIpc) is 1.85. The van der Waals surface area contributed by atoms with E-state index in [1.54, 1.807) is 32.3 Å².